The number of aromatic amines is 1. The monoisotopic (exact) mass is 598 g/mol. The van der Waals surface area contributed by atoms with E-state index in [1.54, 1.807) is 0 Å². The quantitative estimate of drug-likeness (QED) is 0.285. The summed E-state index contributed by atoms with van der Waals surface area (Å²) in [4.78, 5) is 21.7. The van der Waals surface area contributed by atoms with E-state index in [-0.39, 0.29) is 64.4 Å². The first-order valence-corrected chi connectivity index (χ1v) is 13.1. The molecule has 7 nitrogen and oxygen atoms in total. The van der Waals surface area contributed by atoms with Crippen LogP contribution in [0.2, 0.25) is 5.02 Å². The second-order valence-corrected chi connectivity index (χ2v) is 10.5. The molecule has 2 N–H and O–H groups in total. The summed E-state index contributed by atoms with van der Waals surface area (Å²) < 4.78 is 65.5. The number of aromatic nitrogens is 2. The number of alkyl halides is 3. The van der Waals surface area contributed by atoms with E-state index in [2.05, 4.69) is 36.1 Å². The Kier molecular flexibility index (Phi) is 8.68. The molecule has 2 saturated heterocycles. The van der Waals surface area contributed by atoms with Gasteiger partial charge < -0.3 is 14.8 Å². The first-order chi connectivity index (χ1) is 17.1. The standard InChI is InChI=1S/C23H28BrClF4N4O3/c1-2-13(30-6-4-14(27)28)10-35-20-15-19(18(29)16(24)17(20)25)31-22(32-21(15)34)36-11-23-5-3-7-33(23)9-12(26)8-23/h12-14,30H,2-11H2,1H3,(H,31,32,34)/t12-,13+,23+/m1/s1. The van der Waals surface area contributed by atoms with Gasteiger partial charge >= 0.3 is 0 Å². The van der Waals surface area contributed by atoms with Crippen LogP contribution in [0, 0.1) is 5.82 Å². The zero-order valence-corrected chi connectivity index (χ0v) is 22.0. The predicted molar refractivity (Wildman–Crippen MR) is 132 cm³/mol. The highest BCUT2D eigenvalue weighted by molar-refractivity contribution is 9.10. The summed E-state index contributed by atoms with van der Waals surface area (Å²) in [5.41, 5.74) is -1.48. The molecule has 2 fully saturated rings. The molecular formula is C23H28BrClF4N4O3. The van der Waals surface area contributed by atoms with Crippen molar-refractivity contribution >= 4 is 38.4 Å². The summed E-state index contributed by atoms with van der Waals surface area (Å²) in [6.45, 7) is 3.19. The van der Waals surface area contributed by atoms with Gasteiger partial charge in [0.1, 0.15) is 35.3 Å². The van der Waals surface area contributed by atoms with Gasteiger partial charge in [-0.3, -0.25) is 14.7 Å². The van der Waals surface area contributed by atoms with Crippen molar-refractivity contribution in [3.8, 4) is 11.8 Å². The van der Waals surface area contributed by atoms with Crippen LogP contribution in [0.15, 0.2) is 9.27 Å². The molecule has 0 spiro atoms. The van der Waals surface area contributed by atoms with Crippen LogP contribution in [-0.2, 0) is 0 Å². The Morgan fingerprint density at radius 3 is 2.89 bits per heavy atom. The maximum absolute atomic E-state index is 15.1. The number of H-pyrrole nitrogens is 1. The van der Waals surface area contributed by atoms with Gasteiger partial charge in [-0.1, -0.05) is 18.5 Å². The highest BCUT2D eigenvalue weighted by Gasteiger charge is 2.49. The Bertz CT molecular complexity index is 1160. The van der Waals surface area contributed by atoms with Crippen molar-refractivity contribution in [2.24, 2.45) is 0 Å². The van der Waals surface area contributed by atoms with Gasteiger partial charge in [-0.2, -0.15) is 4.98 Å². The Balaban J connectivity index is 1.57. The lowest BCUT2D eigenvalue weighted by atomic mass is 9.95. The summed E-state index contributed by atoms with van der Waals surface area (Å²) >= 11 is 9.39. The SMILES string of the molecule is CC[C@@H](COc1c(Cl)c(Br)c(F)c2nc(OC[C@@]34CCCN3C[C@H](F)C4)[nH]c(=O)c12)NCCC(F)F. The third-order valence-corrected chi connectivity index (χ3v) is 8.21. The number of nitrogens with zero attached hydrogens (tertiary/aromatic N) is 2. The first-order valence-electron chi connectivity index (χ1n) is 11.9. The molecule has 36 heavy (non-hydrogen) atoms. The Morgan fingerprint density at radius 1 is 1.39 bits per heavy atom. The third-order valence-electron chi connectivity index (χ3n) is 6.87. The molecule has 200 valence electrons. The zero-order valence-electron chi connectivity index (χ0n) is 19.7. The van der Waals surface area contributed by atoms with E-state index < -0.39 is 29.5 Å². The van der Waals surface area contributed by atoms with Gasteiger partial charge in [0.15, 0.2) is 11.6 Å². The van der Waals surface area contributed by atoms with E-state index in [1.807, 2.05) is 6.92 Å². The maximum Gasteiger partial charge on any atom is 0.297 e. The van der Waals surface area contributed by atoms with Gasteiger partial charge in [-0.25, -0.2) is 17.6 Å². The largest absolute Gasteiger partial charge is 0.489 e. The van der Waals surface area contributed by atoms with Gasteiger partial charge in [-0.15, -0.1) is 0 Å². The van der Waals surface area contributed by atoms with Crippen LogP contribution in [0.1, 0.15) is 39.0 Å². The molecule has 0 radical (unpaired) electrons. The van der Waals surface area contributed by atoms with Crippen LogP contribution < -0.4 is 20.3 Å². The van der Waals surface area contributed by atoms with Crippen LogP contribution in [-0.4, -0.2) is 71.9 Å². The first kappa shape index (κ1) is 27.4. The summed E-state index contributed by atoms with van der Waals surface area (Å²) in [6.07, 6.45) is -1.08. The number of halogens is 6. The molecule has 0 aliphatic carbocycles. The van der Waals surface area contributed by atoms with Gasteiger partial charge in [0, 0.05) is 32.0 Å². The van der Waals surface area contributed by atoms with Gasteiger partial charge in [0.25, 0.3) is 11.6 Å². The molecule has 2 aliphatic rings. The summed E-state index contributed by atoms with van der Waals surface area (Å²) in [7, 11) is 0. The molecule has 0 amide bonds. The predicted octanol–water partition coefficient (Wildman–Crippen LogP) is 4.84. The molecule has 2 aromatic rings. The molecule has 0 saturated carbocycles. The van der Waals surface area contributed by atoms with E-state index in [0.29, 0.717) is 19.4 Å². The minimum Gasteiger partial charge on any atom is -0.489 e. The van der Waals surface area contributed by atoms with E-state index >= 15 is 4.39 Å². The van der Waals surface area contributed by atoms with Crippen molar-refractivity contribution in [3.05, 3.63) is 25.7 Å². The van der Waals surface area contributed by atoms with Crippen molar-refractivity contribution < 1.29 is 27.0 Å². The highest BCUT2D eigenvalue weighted by atomic mass is 79.9. The number of fused-ring (bicyclic) bond motifs is 2. The Hall–Kier alpha value is -1.63. The minimum atomic E-state index is -2.42. The lowest BCUT2D eigenvalue weighted by molar-refractivity contribution is 0.107. The Morgan fingerprint density at radius 2 is 2.17 bits per heavy atom. The normalized spacial score (nSPS) is 22.9. The molecule has 0 unspecified atom stereocenters. The molecule has 13 heteroatoms. The number of hydrogen-bond acceptors (Lipinski definition) is 6. The van der Waals surface area contributed by atoms with Crippen molar-refractivity contribution in [2.45, 2.75) is 63.2 Å². The van der Waals surface area contributed by atoms with Gasteiger partial charge in [0.2, 0.25) is 6.43 Å². The number of nitrogens with one attached hydrogen (secondary N) is 2. The van der Waals surface area contributed by atoms with Crippen LogP contribution in [0.3, 0.4) is 0 Å². The third kappa shape index (κ3) is 5.61. The summed E-state index contributed by atoms with van der Waals surface area (Å²) in [5, 5.41) is 2.62. The molecule has 3 heterocycles. The van der Waals surface area contributed by atoms with Crippen molar-refractivity contribution in [1.29, 1.82) is 0 Å². The average molecular weight is 600 g/mol. The lowest BCUT2D eigenvalue weighted by Gasteiger charge is -2.30. The second kappa shape index (κ2) is 11.4. The fourth-order valence-electron chi connectivity index (χ4n) is 4.99. The molecule has 3 atom stereocenters. The Labute approximate surface area is 219 Å². The second-order valence-electron chi connectivity index (χ2n) is 9.28. The molecule has 4 rings (SSSR count). The fourth-order valence-corrected chi connectivity index (χ4v) is 5.59. The molecule has 0 bridgehead atoms. The average Bonchev–Trinajstić information content (AvgIpc) is 3.35. The van der Waals surface area contributed by atoms with E-state index in [4.69, 9.17) is 21.1 Å². The van der Waals surface area contributed by atoms with E-state index in [0.717, 1.165) is 19.4 Å². The van der Waals surface area contributed by atoms with Crippen LogP contribution in [0.4, 0.5) is 17.6 Å². The highest BCUT2D eigenvalue weighted by Crippen LogP contribution is 2.42. The van der Waals surface area contributed by atoms with Gasteiger partial charge in [0.05, 0.1) is 10.0 Å². The maximum atomic E-state index is 15.1. The van der Waals surface area contributed by atoms with Crippen molar-refractivity contribution in [3.63, 3.8) is 0 Å². The van der Waals surface area contributed by atoms with Gasteiger partial charge in [-0.05, 0) is 41.7 Å². The van der Waals surface area contributed by atoms with Crippen LogP contribution in [0.25, 0.3) is 10.9 Å². The number of benzene rings is 1. The molecule has 2 aliphatic heterocycles. The lowest BCUT2D eigenvalue weighted by Crippen LogP contribution is -2.43. The smallest absolute Gasteiger partial charge is 0.297 e. The number of rotatable bonds is 11. The minimum absolute atomic E-state index is 0.00702. The van der Waals surface area contributed by atoms with Crippen molar-refractivity contribution in [2.75, 3.05) is 32.8 Å². The molecule has 1 aromatic carbocycles. The molecular weight excluding hydrogens is 572 g/mol. The zero-order chi connectivity index (χ0) is 26.0. The van der Waals surface area contributed by atoms with E-state index in [9.17, 15) is 18.0 Å². The number of ether oxygens (including phenoxy) is 2. The summed E-state index contributed by atoms with van der Waals surface area (Å²) in [5.74, 6) is -0.934. The molecule has 1 aromatic heterocycles. The topological polar surface area (TPSA) is 79.5 Å². The fraction of sp³-hybridized carbons (Fsp3) is 0.652. The van der Waals surface area contributed by atoms with Crippen molar-refractivity contribution in [1.82, 2.24) is 20.2 Å². The van der Waals surface area contributed by atoms with Crippen LogP contribution >= 0.6 is 27.5 Å². The van der Waals surface area contributed by atoms with E-state index in [1.165, 1.54) is 0 Å². The van der Waals surface area contributed by atoms with Crippen LogP contribution in [0.5, 0.6) is 11.8 Å². The number of hydrogen-bond donors (Lipinski definition) is 2. The summed E-state index contributed by atoms with van der Waals surface area (Å²) in [6, 6.07) is -0.483.